The number of nitrogens with zero attached hydrogens (tertiary/aromatic N) is 4. The maximum Gasteiger partial charge on any atom is 0.272 e. The van der Waals surface area contributed by atoms with E-state index in [0.717, 1.165) is 18.4 Å². The molecular formula is C16H15ClN4O2. The van der Waals surface area contributed by atoms with E-state index in [-0.39, 0.29) is 22.7 Å². The number of hydrogen-bond donors (Lipinski definition) is 0. The Balaban J connectivity index is 1.51. The monoisotopic (exact) mass is 330 g/mol. The largest absolute Gasteiger partial charge is 0.333 e. The number of aromatic nitrogens is 3. The lowest BCUT2D eigenvalue weighted by Crippen LogP contribution is -2.53. The van der Waals surface area contributed by atoms with Crippen molar-refractivity contribution in [2.24, 2.45) is 0 Å². The Morgan fingerprint density at radius 3 is 2.74 bits per heavy atom. The molecule has 3 heterocycles. The summed E-state index contributed by atoms with van der Waals surface area (Å²) in [7, 11) is 0. The van der Waals surface area contributed by atoms with Crippen molar-refractivity contribution < 1.29 is 4.79 Å². The molecule has 7 heteroatoms. The van der Waals surface area contributed by atoms with Gasteiger partial charge in [0.25, 0.3) is 11.5 Å². The number of hydrogen-bond acceptors (Lipinski definition) is 4. The Morgan fingerprint density at radius 1 is 1.22 bits per heavy atom. The molecule has 2 fully saturated rings. The van der Waals surface area contributed by atoms with Crippen molar-refractivity contribution in [2.75, 3.05) is 13.1 Å². The van der Waals surface area contributed by atoms with Crippen LogP contribution in [-0.4, -0.2) is 38.7 Å². The zero-order chi connectivity index (χ0) is 16.0. The van der Waals surface area contributed by atoms with Gasteiger partial charge < -0.3 is 4.90 Å². The molecule has 0 spiro atoms. The van der Waals surface area contributed by atoms with Gasteiger partial charge in [-0.2, -0.15) is 5.10 Å². The van der Waals surface area contributed by atoms with Crippen molar-refractivity contribution in [2.45, 2.75) is 24.8 Å². The van der Waals surface area contributed by atoms with E-state index >= 15 is 0 Å². The van der Waals surface area contributed by atoms with Gasteiger partial charge in [-0.3, -0.25) is 14.6 Å². The number of halogens is 1. The summed E-state index contributed by atoms with van der Waals surface area (Å²) in [6.45, 7) is 0.902. The van der Waals surface area contributed by atoms with Gasteiger partial charge in [0.15, 0.2) is 0 Å². The first-order chi connectivity index (χ1) is 11.1. The first-order valence-electron chi connectivity index (χ1n) is 7.63. The van der Waals surface area contributed by atoms with E-state index in [1.165, 1.54) is 16.8 Å². The van der Waals surface area contributed by atoms with Crippen LogP contribution in [0.5, 0.6) is 0 Å². The number of carbonyl (C=O) groups is 1. The van der Waals surface area contributed by atoms with E-state index in [1.54, 1.807) is 11.1 Å². The molecule has 23 heavy (non-hydrogen) atoms. The molecule has 4 rings (SSSR count). The van der Waals surface area contributed by atoms with Crippen molar-refractivity contribution in [3.8, 4) is 0 Å². The summed E-state index contributed by atoms with van der Waals surface area (Å²) < 4.78 is 1.35. The molecule has 1 amide bonds. The maximum absolute atomic E-state index is 12.6. The minimum Gasteiger partial charge on any atom is -0.333 e. The molecule has 0 bridgehead atoms. The van der Waals surface area contributed by atoms with Crippen LogP contribution in [0, 0.1) is 0 Å². The minimum absolute atomic E-state index is 0.0705. The molecule has 6 nitrogen and oxygen atoms in total. The van der Waals surface area contributed by atoms with E-state index in [1.807, 2.05) is 12.1 Å². The smallest absolute Gasteiger partial charge is 0.272 e. The summed E-state index contributed by atoms with van der Waals surface area (Å²) in [6.07, 6.45) is 3.90. The lowest BCUT2D eigenvalue weighted by atomic mass is 10.0. The Kier molecular flexibility index (Phi) is 3.41. The molecule has 1 saturated carbocycles. The molecule has 0 N–H and O–H groups in total. The third-order valence-electron chi connectivity index (χ3n) is 4.35. The van der Waals surface area contributed by atoms with Crippen molar-refractivity contribution in [3.63, 3.8) is 0 Å². The number of carbonyl (C=O) groups excluding carboxylic acids is 1. The van der Waals surface area contributed by atoms with Crippen molar-refractivity contribution in [1.29, 1.82) is 0 Å². The van der Waals surface area contributed by atoms with Crippen molar-refractivity contribution in [3.05, 3.63) is 57.2 Å². The summed E-state index contributed by atoms with van der Waals surface area (Å²) in [5.41, 5.74) is 1.38. The third kappa shape index (κ3) is 2.63. The van der Waals surface area contributed by atoms with Gasteiger partial charge in [0.1, 0.15) is 10.8 Å². The van der Waals surface area contributed by atoms with Crippen LogP contribution in [0.4, 0.5) is 0 Å². The number of likely N-dealkylation sites (tertiary alicyclic amines) is 1. The second-order valence-corrected chi connectivity index (χ2v) is 6.41. The quantitative estimate of drug-likeness (QED) is 0.861. The number of pyridine rings is 1. The van der Waals surface area contributed by atoms with Gasteiger partial charge in [0.2, 0.25) is 0 Å². The predicted octanol–water partition coefficient (Wildman–Crippen LogP) is 1.87. The standard InChI is InChI=1S/C16H15ClN4O2/c17-13-5-6-14(22)21(19-13)11-8-20(9-11)16(23)15-12(10-3-4-10)2-1-7-18-15/h1-2,5-7,10-11H,3-4,8-9H2. The van der Waals surface area contributed by atoms with Crippen LogP contribution in [0.15, 0.2) is 35.3 Å². The van der Waals surface area contributed by atoms with Crippen molar-refractivity contribution >= 4 is 17.5 Å². The van der Waals surface area contributed by atoms with Crippen molar-refractivity contribution in [1.82, 2.24) is 19.7 Å². The first-order valence-corrected chi connectivity index (χ1v) is 8.01. The van der Waals surface area contributed by atoms with Gasteiger partial charge in [-0.05, 0) is 36.5 Å². The predicted molar refractivity (Wildman–Crippen MR) is 84.7 cm³/mol. The third-order valence-corrected chi connectivity index (χ3v) is 4.55. The average molecular weight is 331 g/mol. The Bertz CT molecular complexity index is 825. The summed E-state index contributed by atoms with van der Waals surface area (Å²) in [5, 5.41) is 4.31. The second-order valence-electron chi connectivity index (χ2n) is 6.02. The molecular weight excluding hydrogens is 316 g/mol. The molecule has 2 aromatic rings. The van der Waals surface area contributed by atoms with Crippen LogP contribution in [0.25, 0.3) is 0 Å². The fourth-order valence-electron chi connectivity index (χ4n) is 2.91. The Labute approximate surface area is 137 Å². The van der Waals surface area contributed by atoms with E-state index in [9.17, 15) is 9.59 Å². The molecule has 0 unspecified atom stereocenters. The normalized spacial score (nSPS) is 17.9. The fourth-order valence-corrected chi connectivity index (χ4v) is 3.05. The number of rotatable bonds is 3. The fraction of sp³-hybridized carbons (Fsp3) is 0.375. The topological polar surface area (TPSA) is 68.1 Å². The van der Waals surface area contributed by atoms with E-state index < -0.39 is 0 Å². The van der Waals surface area contributed by atoms with Gasteiger partial charge >= 0.3 is 0 Å². The zero-order valence-electron chi connectivity index (χ0n) is 12.4. The average Bonchev–Trinajstić information content (AvgIpc) is 3.34. The SMILES string of the molecule is O=C(c1ncccc1C1CC1)N1CC(n2nc(Cl)ccc2=O)C1. The zero-order valence-corrected chi connectivity index (χ0v) is 13.1. The van der Waals surface area contributed by atoms with Crippen LogP contribution in [0.3, 0.4) is 0 Å². The lowest BCUT2D eigenvalue weighted by molar-refractivity contribution is 0.0485. The highest BCUT2D eigenvalue weighted by Gasteiger charge is 2.37. The molecule has 1 aliphatic heterocycles. The highest BCUT2D eigenvalue weighted by Crippen LogP contribution is 2.41. The van der Waals surface area contributed by atoms with Crippen LogP contribution in [0.2, 0.25) is 5.15 Å². The molecule has 1 saturated heterocycles. The highest BCUT2D eigenvalue weighted by atomic mass is 35.5. The van der Waals surface area contributed by atoms with Gasteiger partial charge in [0, 0.05) is 25.4 Å². The van der Waals surface area contributed by atoms with Crippen LogP contribution in [-0.2, 0) is 0 Å². The maximum atomic E-state index is 12.6. The molecule has 0 radical (unpaired) electrons. The minimum atomic E-state index is -0.206. The van der Waals surface area contributed by atoms with Gasteiger partial charge in [-0.15, -0.1) is 0 Å². The lowest BCUT2D eigenvalue weighted by Gasteiger charge is -2.39. The number of amides is 1. The van der Waals surface area contributed by atoms with E-state index in [4.69, 9.17) is 11.6 Å². The molecule has 0 aromatic carbocycles. The Morgan fingerprint density at radius 2 is 2.00 bits per heavy atom. The molecule has 2 aromatic heterocycles. The van der Waals surface area contributed by atoms with E-state index in [2.05, 4.69) is 10.1 Å². The summed E-state index contributed by atoms with van der Waals surface area (Å²) >= 11 is 5.84. The summed E-state index contributed by atoms with van der Waals surface area (Å²) in [5.74, 6) is 0.399. The summed E-state index contributed by atoms with van der Waals surface area (Å²) in [4.78, 5) is 30.4. The van der Waals surface area contributed by atoms with Gasteiger partial charge in [-0.1, -0.05) is 17.7 Å². The van der Waals surface area contributed by atoms with E-state index in [0.29, 0.717) is 24.7 Å². The van der Waals surface area contributed by atoms with Crippen LogP contribution in [0.1, 0.15) is 40.9 Å². The van der Waals surface area contributed by atoms with Crippen LogP contribution >= 0.6 is 11.6 Å². The molecule has 2 aliphatic rings. The highest BCUT2D eigenvalue weighted by molar-refractivity contribution is 6.29. The molecule has 118 valence electrons. The first kappa shape index (κ1) is 14.4. The molecule has 0 atom stereocenters. The van der Waals surface area contributed by atoms with Crippen LogP contribution < -0.4 is 5.56 Å². The Hall–Kier alpha value is -2.21. The summed E-state index contributed by atoms with van der Waals surface area (Å²) in [6, 6.07) is 6.59. The van der Waals surface area contributed by atoms with Gasteiger partial charge in [0.05, 0.1) is 6.04 Å². The van der Waals surface area contributed by atoms with Gasteiger partial charge in [-0.25, -0.2) is 4.68 Å². The molecule has 1 aliphatic carbocycles. The second kappa shape index (κ2) is 5.45.